The zero-order chi connectivity index (χ0) is 17.1. The third-order valence-electron chi connectivity index (χ3n) is 6.82. The topological polar surface area (TPSA) is 28.1 Å². The van der Waals surface area contributed by atoms with Crippen molar-refractivity contribution in [1.82, 2.24) is 4.98 Å². The van der Waals surface area contributed by atoms with Crippen LogP contribution >= 0.6 is 12.2 Å². The highest BCUT2D eigenvalue weighted by Crippen LogP contribution is 2.59. The summed E-state index contributed by atoms with van der Waals surface area (Å²) in [5, 5.41) is 4.08. The molecule has 0 saturated heterocycles. The molecule has 1 heterocycles. The molecule has 0 unspecified atom stereocenters. The summed E-state index contributed by atoms with van der Waals surface area (Å²) in [6, 6.07) is 6.75. The van der Waals surface area contributed by atoms with Crippen LogP contribution in [-0.4, -0.2) is 16.2 Å². The summed E-state index contributed by atoms with van der Waals surface area (Å²) in [5.41, 5.74) is 4.18. The maximum atomic E-state index is 5.01. The molecule has 4 atom stereocenters. The van der Waals surface area contributed by atoms with Crippen molar-refractivity contribution in [3.05, 3.63) is 48.2 Å². The van der Waals surface area contributed by atoms with Crippen molar-refractivity contribution in [1.29, 1.82) is 0 Å². The fourth-order valence-electron chi connectivity index (χ4n) is 5.34. The second-order valence-corrected chi connectivity index (χ2v) is 8.42. The average Bonchev–Trinajstić information content (AvgIpc) is 2.99. The zero-order valence-electron chi connectivity index (χ0n) is 14.6. The third-order valence-corrected chi connectivity index (χ3v) is 6.92. The molecule has 24 heavy (non-hydrogen) atoms. The van der Waals surface area contributed by atoms with Crippen LogP contribution in [0, 0.1) is 11.3 Å². The van der Waals surface area contributed by atoms with E-state index < -0.39 is 0 Å². The minimum absolute atomic E-state index is 0.0288. The summed E-state index contributed by atoms with van der Waals surface area (Å²) in [6.07, 6.45) is 6.57. The van der Waals surface area contributed by atoms with E-state index in [2.05, 4.69) is 73.0 Å². The molecule has 1 aromatic carbocycles. The van der Waals surface area contributed by atoms with Crippen LogP contribution in [0.2, 0.25) is 0 Å². The molecular weight excluding hydrogens is 312 g/mol. The molecule has 2 aromatic rings. The number of aromatic nitrogens is 1. The molecule has 3 heteroatoms. The third kappa shape index (κ3) is 1.89. The van der Waals surface area contributed by atoms with E-state index >= 15 is 0 Å². The Labute approximate surface area is 149 Å². The van der Waals surface area contributed by atoms with Crippen molar-refractivity contribution in [2.75, 3.05) is 0 Å². The van der Waals surface area contributed by atoms with E-state index in [-0.39, 0.29) is 16.9 Å². The first-order valence-corrected chi connectivity index (χ1v) is 9.16. The lowest BCUT2D eigenvalue weighted by molar-refractivity contribution is 0.104. The summed E-state index contributed by atoms with van der Waals surface area (Å²) >= 11 is 5.01. The van der Waals surface area contributed by atoms with Crippen LogP contribution in [0.1, 0.15) is 50.7 Å². The quantitative estimate of drug-likeness (QED) is 0.430. The van der Waals surface area contributed by atoms with Crippen LogP contribution in [0.5, 0.6) is 0 Å². The Bertz CT molecular complexity index is 871. The number of fused-ring (bicyclic) bond motifs is 2. The predicted molar refractivity (Wildman–Crippen MR) is 104 cm³/mol. The number of isothiocyanates is 1. The molecule has 1 saturated carbocycles. The highest BCUT2D eigenvalue weighted by molar-refractivity contribution is 7.78. The number of nitrogens with one attached hydrogen (secondary N) is 1. The van der Waals surface area contributed by atoms with Crippen LogP contribution in [0.25, 0.3) is 10.9 Å². The van der Waals surface area contributed by atoms with Gasteiger partial charge in [0.05, 0.1) is 11.2 Å². The fraction of sp³-hybridized carbons (Fsp3) is 0.476. The van der Waals surface area contributed by atoms with Gasteiger partial charge in [0.15, 0.2) is 0 Å². The molecule has 0 spiro atoms. The molecule has 2 nitrogen and oxygen atoms in total. The summed E-state index contributed by atoms with van der Waals surface area (Å²) in [6.45, 7) is 11.2. The number of nitrogens with zero attached hydrogens (tertiary/aromatic N) is 1. The molecule has 4 rings (SSSR count). The zero-order valence-corrected chi connectivity index (χ0v) is 15.4. The van der Waals surface area contributed by atoms with Gasteiger partial charge in [-0.25, -0.2) is 4.99 Å². The number of hydrogen-bond acceptors (Lipinski definition) is 2. The summed E-state index contributed by atoms with van der Waals surface area (Å²) in [5.74, 6) is 0.910. The number of rotatable bonds is 2. The molecule has 2 aliphatic carbocycles. The van der Waals surface area contributed by atoms with Crippen LogP contribution in [0.3, 0.4) is 0 Å². The lowest BCUT2D eigenvalue weighted by Crippen LogP contribution is -2.49. The SMILES string of the molecule is C=C[C@@]1(C)CC[C@H]2[C@H](c3c[nH]c4cccc(c34)C2(C)C)[C@H]1N=C=S. The summed E-state index contributed by atoms with van der Waals surface area (Å²) in [7, 11) is 0. The molecule has 1 N–H and O–H groups in total. The van der Waals surface area contributed by atoms with Gasteiger partial charge in [-0.3, -0.25) is 0 Å². The van der Waals surface area contributed by atoms with E-state index in [1.54, 1.807) is 0 Å². The first-order valence-electron chi connectivity index (χ1n) is 8.75. The van der Waals surface area contributed by atoms with Crippen molar-refractivity contribution in [3.63, 3.8) is 0 Å². The molecule has 0 bridgehead atoms. The van der Waals surface area contributed by atoms with Gasteiger partial charge in [0, 0.05) is 28.4 Å². The molecule has 0 radical (unpaired) electrons. The van der Waals surface area contributed by atoms with E-state index in [9.17, 15) is 0 Å². The average molecular weight is 337 g/mol. The van der Waals surface area contributed by atoms with Crippen LogP contribution < -0.4 is 0 Å². The Kier molecular flexibility index (Phi) is 3.39. The van der Waals surface area contributed by atoms with Gasteiger partial charge < -0.3 is 4.98 Å². The first-order chi connectivity index (χ1) is 11.4. The summed E-state index contributed by atoms with van der Waals surface area (Å²) < 4.78 is 0. The molecular formula is C21H24N2S. The van der Waals surface area contributed by atoms with Gasteiger partial charge in [-0.2, -0.15) is 0 Å². The monoisotopic (exact) mass is 336 g/mol. The molecule has 0 aliphatic heterocycles. The standard InChI is InChI=1S/C21H24N2S/c1-5-21(4)10-9-15-18(19(21)23-12-24)13-11-22-16-8-6-7-14(17(13)16)20(15,2)3/h5-8,11,15,18-19,22H,1,9-10H2,2-4H3/t15-,18-,19+,21-/m0/s1. The maximum absolute atomic E-state index is 5.01. The van der Waals surface area contributed by atoms with Gasteiger partial charge in [0.25, 0.3) is 0 Å². The molecule has 1 fully saturated rings. The Hall–Kier alpha value is -1.70. The molecule has 2 aliphatic rings. The molecule has 1 aromatic heterocycles. The highest BCUT2D eigenvalue weighted by Gasteiger charge is 2.53. The van der Waals surface area contributed by atoms with Gasteiger partial charge >= 0.3 is 0 Å². The van der Waals surface area contributed by atoms with Crippen molar-refractivity contribution in [3.8, 4) is 0 Å². The van der Waals surface area contributed by atoms with Crippen LogP contribution in [0.4, 0.5) is 0 Å². The van der Waals surface area contributed by atoms with Crippen LogP contribution in [-0.2, 0) is 5.41 Å². The van der Waals surface area contributed by atoms with Gasteiger partial charge in [0.2, 0.25) is 0 Å². The number of thiocarbonyl (C=S) groups is 1. The Balaban J connectivity index is 2.02. The van der Waals surface area contributed by atoms with Crippen molar-refractivity contribution >= 4 is 28.3 Å². The Morgan fingerprint density at radius 2 is 2.17 bits per heavy atom. The van der Waals surface area contributed by atoms with E-state index in [1.807, 2.05) is 0 Å². The molecule has 0 amide bonds. The first kappa shape index (κ1) is 15.8. The van der Waals surface area contributed by atoms with E-state index in [0.29, 0.717) is 11.8 Å². The van der Waals surface area contributed by atoms with Crippen LogP contribution in [0.15, 0.2) is 42.0 Å². The Morgan fingerprint density at radius 1 is 1.38 bits per heavy atom. The van der Waals surface area contributed by atoms with E-state index in [0.717, 1.165) is 6.42 Å². The van der Waals surface area contributed by atoms with Gasteiger partial charge in [-0.05, 0) is 53.6 Å². The number of aromatic amines is 1. The normalized spacial score (nSPS) is 33.5. The second-order valence-electron chi connectivity index (χ2n) is 8.24. The second kappa shape index (κ2) is 5.15. The fourth-order valence-corrected chi connectivity index (χ4v) is 5.45. The maximum Gasteiger partial charge on any atom is 0.0762 e. The van der Waals surface area contributed by atoms with Gasteiger partial charge in [0.1, 0.15) is 0 Å². The van der Waals surface area contributed by atoms with E-state index in [1.165, 1.54) is 28.5 Å². The van der Waals surface area contributed by atoms with Crippen molar-refractivity contribution in [2.24, 2.45) is 16.3 Å². The number of hydrogen-bond donors (Lipinski definition) is 1. The van der Waals surface area contributed by atoms with Gasteiger partial charge in [-0.15, -0.1) is 6.58 Å². The Morgan fingerprint density at radius 3 is 2.88 bits per heavy atom. The number of aliphatic imine (C=N–C) groups is 1. The minimum atomic E-state index is -0.0288. The predicted octanol–water partition coefficient (Wildman–Crippen LogP) is 5.62. The number of H-pyrrole nitrogens is 1. The smallest absolute Gasteiger partial charge is 0.0762 e. The van der Waals surface area contributed by atoms with E-state index in [4.69, 9.17) is 12.2 Å². The minimum Gasteiger partial charge on any atom is -0.361 e. The van der Waals surface area contributed by atoms with Crippen molar-refractivity contribution in [2.45, 2.75) is 51.0 Å². The highest BCUT2D eigenvalue weighted by atomic mass is 32.1. The largest absolute Gasteiger partial charge is 0.361 e. The number of benzene rings is 1. The van der Waals surface area contributed by atoms with Gasteiger partial charge in [-0.1, -0.05) is 39.0 Å². The summed E-state index contributed by atoms with van der Waals surface area (Å²) in [4.78, 5) is 8.16. The lowest BCUT2D eigenvalue weighted by Gasteiger charge is -2.53. The van der Waals surface area contributed by atoms with Crippen molar-refractivity contribution < 1.29 is 0 Å². The molecule has 124 valence electrons. The lowest BCUT2D eigenvalue weighted by atomic mass is 9.51.